The summed E-state index contributed by atoms with van der Waals surface area (Å²) in [4.78, 5) is 12.3. The summed E-state index contributed by atoms with van der Waals surface area (Å²) in [6.45, 7) is 9.62. The first-order valence-electron chi connectivity index (χ1n) is 8.00. The topological polar surface area (TPSA) is 49.3 Å². The molecule has 0 radical (unpaired) electrons. The van der Waals surface area contributed by atoms with Crippen LogP contribution in [-0.2, 0) is 4.79 Å². The molecule has 2 N–H and O–H groups in total. The lowest BCUT2D eigenvalue weighted by molar-refractivity contribution is -0.126. The highest BCUT2D eigenvalue weighted by molar-refractivity contribution is 5.79. The Kier molecular flexibility index (Phi) is 7.44. The number of aliphatic hydroxyl groups is 1. The van der Waals surface area contributed by atoms with Gasteiger partial charge in [0.15, 0.2) is 0 Å². The third-order valence-electron chi connectivity index (χ3n) is 4.19. The fourth-order valence-corrected chi connectivity index (χ4v) is 2.83. The van der Waals surface area contributed by atoms with Crippen LogP contribution in [0.3, 0.4) is 0 Å². The summed E-state index contributed by atoms with van der Waals surface area (Å²) in [6, 6.07) is 0.0664. The molecule has 3 heteroatoms. The highest BCUT2D eigenvalue weighted by Crippen LogP contribution is 2.29. The number of rotatable bonds is 6. The second-order valence-corrected chi connectivity index (χ2v) is 5.82. The maximum atomic E-state index is 12.3. The lowest BCUT2D eigenvalue weighted by atomic mass is 9.84. The molecular formula is C18H29NO2. The number of allylic oxidation sites excluding steroid dienone is 3. The molecule has 118 valence electrons. The molecule has 0 saturated heterocycles. The summed E-state index contributed by atoms with van der Waals surface area (Å²) in [5, 5.41) is 12.8. The number of nitrogens with one attached hydrogen (secondary N) is 1. The number of hydrogen-bond acceptors (Lipinski definition) is 2. The Bertz CT molecular complexity index is 423. The Morgan fingerprint density at radius 1 is 1.57 bits per heavy atom. The van der Waals surface area contributed by atoms with E-state index in [1.165, 1.54) is 11.1 Å². The molecule has 0 aromatic rings. The Balaban J connectivity index is 2.73. The van der Waals surface area contributed by atoms with Crippen molar-refractivity contribution in [2.24, 2.45) is 5.92 Å². The zero-order chi connectivity index (χ0) is 15.8. The quantitative estimate of drug-likeness (QED) is 0.786. The molecule has 1 aliphatic carbocycles. The average molecular weight is 291 g/mol. The normalized spacial score (nSPS) is 25.6. The monoisotopic (exact) mass is 291 g/mol. The van der Waals surface area contributed by atoms with Gasteiger partial charge >= 0.3 is 0 Å². The van der Waals surface area contributed by atoms with E-state index >= 15 is 0 Å². The van der Waals surface area contributed by atoms with Gasteiger partial charge in [-0.1, -0.05) is 38.7 Å². The molecule has 0 aromatic carbocycles. The van der Waals surface area contributed by atoms with Gasteiger partial charge in [0.1, 0.15) is 0 Å². The van der Waals surface area contributed by atoms with Gasteiger partial charge in [-0.05, 0) is 50.2 Å². The third kappa shape index (κ3) is 5.16. The maximum Gasteiger partial charge on any atom is 0.223 e. The van der Waals surface area contributed by atoms with Gasteiger partial charge < -0.3 is 10.4 Å². The highest BCUT2D eigenvalue weighted by Gasteiger charge is 2.25. The van der Waals surface area contributed by atoms with E-state index < -0.39 is 6.10 Å². The van der Waals surface area contributed by atoms with Crippen LogP contribution in [0, 0.1) is 5.92 Å². The molecule has 0 aliphatic heterocycles. The lowest BCUT2D eigenvalue weighted by Gasteiger charge is -2.30. The molecule has 3 unspecified atom stereocenters. The van der Waals surface area contributed by atoms with Crippen molar-refractivity contribution in [2.75, 3.05) is 0 Å². The molecule has 0 heterocycles. The van der Waals surface area contributed by atoms with Gasteiger partial charge in [-0.3, -0.25) is 4.79 Å². The van der Waals surface area contributed by atoms with Crippen molar-refractivity contribution in [1.82, 2.24) is 5.32 Å². The SMILES string of the molecule is C=C/C=C1\C(=C/C)CCCC1NC(=O)C(C)CC(O)CC. The predicted octanol–water partition coefficient (Wildman–Crippen LogP) is 3.51. The number of amides is 1. The second-order valence-electron chi connectivity index (χ2n) is 5.82. The minimum absolute atomic E-state index is 0.0276. The first-order valence-corrected chi connectivity index (χ1v) is 8.00. The summed E-state index contributed by atoms with van der Waals surface area (Å²) in [6.07, 6.45) is 9.84. The Hall–Kier alpha value is -1.35. The van der Waals surface area contributed by atoms with Crippen molar-refractivity contribution in [2.45, 2.75) is 65.0 Å². The minimum Gasteiger partial charge on any atom is -0.393 e. The summed E-state index contributed by atoms with van der Waals surface area (Å²) in [5.74, 6) is -0.138. The van der Waals surface area contributed by atoms with Crippen molar-refractivity contribution in [3.8, 4) is 0 Å². The van der Waals surface area contributed by atoms with E-state index in [2.05, 4.69) is 18.0 Å². The van der Waals surface area contributed by atoms with Crippen LogP contribution in [-0.4, -0.2) is 23.2 Å². The van der Waals surface area contributed by atoms with E-state index in [-0.39, 0.29) is 17.9 Å². The van der Waals surface area contributed by atoms with Crippen LogP contribution >= 0.6 is 0 Å². The molecular weight excluding hydrogens is 262 g/mol. The zero-order valence-electron chi connectivity index (χ0n) is 13.6. The maximum absolute atomic E-state index is 12.3. The van der Waals surface area contributed by atoms with Crippen LogP contribution in [0.2, 0.25) is 0 Å². The molecule has 0 bridgehead atoms. The van der Waals surface area contributed by atoms with E-state index in [1.54, 1.807) is 6.08 Å². The van der Waals surface area contributed by atoms with Crippen molar-refractivity contribution >= 4 is 5.91 Å². The minimum atomic E-state index is -0.397. The first kappa shape index (κ1) is 17.7. The van der Waals surface area contributed by atoms with Crippen molar-refractivity contribution in [3.05, 3.63) is 36.0 Å². The van der Waals surface area contributed by atoms with Crippen molar-refractivity contribution < 1.29 is 9.90 Å². The van der Waals surface area contributed by atoms with Crippen LogP contribution in [0.1, 0.15) is 52.9 Å². The molecule has 1 amide bonds. The van der Waals surface area contributed by atoms with Crippen molar-refractivity contribution in [3.63, 3.8) is 0 Å². The van der Waals surface area contributed by atoms with E-state index in [0.29, 0.717) is 12.8 Å². The number of carbonyl (C=O) groups excluding carboxylic acids is 1. The van der Waals surface area contributed by atoms with Gasteiger partial charge in [0, 0.05) is 5.92 Å². The number of carbonyl (C=O) groups is 1. The number of aliphatic hydroxyl groups excluding tert-OH is 1. The zero-order valence-corrected chi connectivity index (χ0v) is 13.6. The fourth-order valence-electron chi connectivity index (χ4n) is 2.83. The molecule has 21 heavy (non-hydrogen) atoms. The van der Waals surface area contributed by atoms with Crippen molar-refractivity contribution in [1.29, 1.82) is 0 Å². The highest BCUT2D eigenvalue weighted by atomic mass is 16.3. The molecule has 0 aromatic heterocycles. The molecule has 1 aliphatic rings. The van der Waals surface area contributed by atoms with Gasteiger partial charge in [0.05, 0.1) is 12.1 Å². The lowest BCUT2D eigenvalue weighted by Crippen LogP contribution is -2.41. The summed E-state index contributed by atoms with van der Waals surface area (Å²) in [7, 11) is 0. The summed E-state index contributed by atoms with van der Waals surface area (Å²) < 4.78 is 0. The predicted molar refractivity (Wildman–Crippen MR) is 87.9 cm³/mol. The van der Waals surface area contributed by atoms with Crippen LogP contribution in [0.15, 0.2) is 36.0 Å². The van der Waals surface area contributed by atoms with E-state index in [1.807, 2.05) is 26.8 Å². The van der Waals surface area contributed by atoms with Crippen LogP contribution in [0.5, 0.6) is 0 Å². The first-order chi connectivity index (χ1) is 10.0. The van der Waals surface area contributed by atoms with Gasteiger partial charge in [-0.2, -0.15) is 0 Å². The van der Waals surface area contributed by atoms with Gasteiger partial charge in [0.25, 0.3) is 0 Å². The second kappa shape index (κ2) is 8.83. The standard InChI is InChI=1S/C18H29NO2/c1-5-9-16-14(6-2)10-8-11-17(16)19-18(21)13(4)12-15(20)7-3/h5-6,9,13,15,17,20H,1,7-8,10-12H2,2-4H3,(H,19,21)/b14-6-,16-9+. The Morgan fingerprint density at radius 3 is 2.86 bits per heavy atom. The van der Waals surface area contributed by atoms with Crippen LogP contribution in [0.4, 0.5) is 0 Å². The van der Waals surface area contributed by atoms with E-state index in [9.17, 15) is 9.90 Å². The largest absolute Gasteiger partial charge is 0.393 e. The van der Waals surface area contributed by atoms with Gasteiger partial charge in [-0.15, -0.1) is 0 Å². The van der Waals surface area contributed by atoms with E-state index in [0.717, 1.165) is 19.3 Å². The summed E-state index contributed by atoms with van der Waals surface area (Å²) in [5.41, 5.74) is 2.48. The molecule has 1 rings (SSSR count). The van der Waals surface area contributed by atoms with Gasteiger partial charge in [0.2, 0.25) is 5.91 Å². The third-order valence-corrected chi connectivity index (χ3v) is 4.19. The molecule has 1 fully saturated rings. The number of hydrogen-bond donors (Lipinski definition) is 2. The Morgan fingerprint density at radius 2 is 2.29 bits per heavy atom. The van der Waals surface area contributed by atoms with Gasteiger partial charge in [-0.25, -0.2) is 0 Å². The molecule has 3 nitrogen and oxygen atoms in total. The molecule has 0 spiro atoms. The fraction of sp³-hybridized carbons (Fsp3) is 0.611. The molecule has 1 saturated carbocycles. The summed E-state index contributed by atoms with van der Waals surface area (Å²) >= 11 is 0. The smallest absolute Gasteiger partial charge is 0.223 e. The van der Waals surface area contributed by atoms with E-state index in [4.69, 9.17) is 0 Å². The Labute approximate surface area is 128 Å². The molecule has 3 atom stereocenters. The van der Waals surface area contributed by atoms with Crippen LogP contribution in [0.25, 0.3) is 0 Å². The average Bonchev–Trinajstić information content (AvgIpc) is 2.48. The van der Waals surface area contributed by atoms with Crippen LogP contribution < -0.4 is 5.32 Å².